The van der Waals surface area contributed by atoms with Gasteiger partial charge in [-0.3, -0.25) is 0 Å². The van der Waals surface area contributed by atoms with Crippen molar-refractivity contribution in [3.63, 3.8) is 0 Å². The molecule has 0 spiro atoms. The number of allylic oxidation sites excluding steroid dienone is 1. The van der Waals surface area contributed by atoms with Crippen LogP contribution in [-0.2, 0) is 0 Å². The number of nitrogens with zero attached hydrogens (tertiary/aromatic N) is 2. The molecule has 5 heteroatoms. The quantitative estimate of drug-likeness (QED) is 0.601. The van der Waals surface area contributed by atoms with E-state index in [0.717, 1.165) is 26.8 Å². The average Bonchev–Trinajstić information content (AvgIpc) is 2.98. The highest BCUT2D eigenvalue weighted by Crippen LogP contribution is 2.28. The molecule has 0 bridgehead atoms. The van der Waals surface area contributed by atoms with Crippen LogP contribution in [0.5, 0.6) is 5.75 Å². The molecule has 1 heterocycles. The molecule has 0 fully saturated rings. The first kappa shape index (κ1) is 17.2. The van der Waals surface area contributed by atoms with E-state index >= 15 is 0 Å². The van der Waals surface area contributed by atoms with Gasteiger partial charge in [0, 0.05) is 10.0 Å². The SMILES string of the molecule is CCOc1ccc(Br)cc1/C=C(\C#N)c1nc2cc(C)c(C)cc2[nH]1. The first-order chi connectivity index (χ1) is 12.0. The minimum atomic E-state index is 0.463. The lowest BCUT2D eigenvalue weighted by Gasteiger charge is -2.07. The summed E-state index contributed by atoms with van der Waals surface area (Å²) in [6.07, 6.45) is 1.80. The van der Waals surface area contributed by atoms with Gasteiger partial charge in [-0.25, -0.2) is 4.98 Å². The third-order valence-electron chi connectivity index (χ3n) is 4.04. The Bertz CT molecular complexity index is 973. The zero-order valence-electron chi connectivity index (χ0n) is 14.4. The Morgan fingerprint density at radius 3 is 2.76 bits per heavy atom. The molecule has 3 rings (SSSR count). The number of hydrogen-bond acceptors (Lipinski definition) is 3. The van der Waals surface area contributed by atoms with Gasteiger partial charge in [0.1, 0.15) is 17.6 Å². The van der Waals surface area contributed by atoms with Gasteiger partial charge < -0.3 is 9.72 Å². The fourth-order valence-corrected chi connectivity index (χ4v) is 3.00. The van der Waals surface area contributed by atoms with Gasteiger partial charge in [-0.05, 0) is 68.3 Å². The lowest BCUT2D eigenvalue weighted by atomic mass is 10.1. The van der Waals surface area contributed by atoms with E-state index < -0.39 is 0 Å². The minimum Gasteiger partial charge on any atom is -0.493 e. The number of nitrogens with one attached hydrogen (secondary N) is 1. The molecule has 0 radical (unpaired) electrons. The van der Waals surface area contributed by atoms with Gasteiger partial charge in [0.25, 0.3) is 0 Å². The molecule has 1 N–H and O–H groups in total. The molecule has 0 aliphatic rings. The van der Waals surface area contributed by atoms with Gasteiger partial charge in [-0.2, -0.15) is 5.26 Å². The summed E-state index contributed by atoms with van der Waals surface area (Å²) in [4.78, 5) is 7.83. The van der Waals surface area contributed by atoms with E-state index in [-0.39, 0.29) is 0 Å². The molecular weight excluding hydrogens is 378 g/mol. The lowest BCUT2D eigenvalue weighted by molar-refractivity contribution is 0.339. The van der Waals surface area contributed by atoms with E-state index in [4.69, 9.17) is 4.74 Å². The van der Waals surface area contributed by atoms with Crippen LogP contribution in [0.4, 0.5) is 0 Å². The van der Waals surface area contributed by atoms with Crippen molar-refractivity contribution in [3.05, 3.63) is 57.3 Å². The molecule has 0 aliphatic carbocycles. The van der Waals surface area contributed by atoms with Crippen molar-refractivity contribution >= 4 is 38.6 Å². The number of benzene rings is 2. The Kier molecular flexibility index (Phi) is 4.91. The molecule has 1 aromatic heterocycles. The number of hydrogen-bond donors (Lipinski definition) is 1. The van der Waals surface area contributed by atoms with Crippen LogP contribution in [0.2, 0.25) is 0 Å². The summed E-state index contributed by atoms with van der Waals surface area (Å²) in [6, 6.07) is 12.1. The van der Waals surface area contributed by atoms with Crippen LogP contribution in [-0.4, -0.2) is 16.6 Å². The molecule has 0 atom stereocenters. The molecule has 3 aromatic rings. The summed E-state index contributed by atoms with van der Waals surface area (Å²) in [7, 11) is 0. The van der Waals surface area contributed by atoms with Crippen molar-refractivity contribution in [3.8, 4) is 11.8 Å². The van der Waals surface area contributed by atoms with E-state index in [1.165, 1.54) is 11.1 Å². The maximum atomic E-state index is 9.63. The van der Waals surface area contributed by atoms with E-state index in [9.17, 15) is 5.26 Å². The molecule has 25 heavy (non-hydrogen) atoms. The fraction of sp³-hybridized carbons (Fsp3) is 0.200. The van der Waals surface area contributed by atoms with Gasteiger partial charge in [0.2, 0.25) is 0 Å². The van der Waals surface area contributed by atoms with Gasteiger partial charge in [0.15, 0.2) is 0 Å². The minimum absolute atomic E-state index is 0.463. The monoisotopic (exact) mass is 395 g/mol. The maximum absolute atomic E-state index is 9.63. The van der Waals surface area contributed by atoms with Crippen molar-refractivity contribution < 1.29 is 4.74 Å². The summed E-state index contributed by atoms with van der Waals surface area (Å²) in [5, 5.41) is 9.63. The number of imidazole rings is 1. The van der Waals surface area contributed by atoms with Crippen LogP contribution in [0.3, 0.4) is 0 Å². The number of aromatic amines is 1. The van der Waals surface area contributed by atoms with Crippen LogP contribution in [0, 0.1) is 25.2 Å². The fourth-order valence-electron chi connectivity index (χ4n) is 2.63. The number of nitriles is 1. The topological polar surface area (TPSA) is 61.7 Å². The first-order valence-electron chi connectivity index (χ1n) is 8.03. The van der Waals surface area contributed by atoms with Crippen molar-refractivity contribution in [2.45, 2.75) is 20.8 Å². The molecule has 0 amide bonds. The molecule has 0 unspecified atom stereocenters. The van der Waals surface area contributed by atoms with Crippen LogP contribution in [0.15, 0.2) is 34.8 Å². The highest BCUT2D eigenvalue weighted by atomic mass is 79.9. The van der Waals surface area contributed by atoms with Crippen molar-refractivity contribution in [1.29, 1.82) is 5.26 Å². The number of aromatic nitrogens is 2. The second kappa shape index (κ2) is 7.12. The number of ether oxygens (including phenoxy) is 1. The van der Waals surface area contributed by atoms with Gasteiger partial charge in [0.05, 0.1) is 23.2 Å². The summed E-state index contributed by atoms with van der Waals surface area (Å²) < 4.78 is 6.58. The summed E-state index contributed by atoms with van der Waals surface area (Å²) in [5.41, 5.74) is 5.46. The van der Waals surface area contributed by atoms with Crippen LogP contribution < -0.4 is 4.74 Å². The number of halogens is 1. The van der Waals surface area contributed by atoms with Gasteiger partial charge in [-0.1, -0.05) is 15.9 Å². The summed E-state index contributed by atoms with van der Waals surface area (Å²) in [5.74, 6) is 1.30. The van der Waals surface area contributed by atoms with E-state index in [2.05, 4.69) is 51.9 Å². The predicted molar refractivity (Wildman–Crippen MR) is 104 cm³/mol. The average molecular weight is 396 g/mol. The zero-order chi connectivity index (χ0) is 18.0. The number of fused-ring (bicyclic) bond motifs is 1. The van der Waals surface area contributed by atoms with Gasteiger partial charge in [-0.15, -0.1) is 0 Å². The van der Waals surface area contributed by atoms with E-state index in [1.54, 1.807) is 6.08 Å². The van der Waals surface area contributed by atoms with Crippen molar-refractivity contribution in [1.82, 2.24) is 9.97 Å². The second-order valence-electron chi connectivity index (χ2n) is 5.82. The Hall–Kier alpha value is -2.58. The normalized spacial score (nSPS) is 11.6. The molecule has 4 nitrogen and oxygen atoms in total. The summed E-state index contributed by atoms with van der Waals surface area (Å²) in [6.45, 7) is 6.62. The number of aryl methyl sites for hydroxylation is 2. The largest absolute Gasteiger partial charge is 0.493 e. The van der Waals surface area contributed by atoms with Crippen LogP contribution in [0.25, 0.3) is 22.7 Å². The van der Waals surface area contributed by atoms with Gasteiger partial charge >= 0.3 is 0 Å². The Morgan fingerprint density at radius 2 is 2.04 bits per heavy atom. The highest BCUT2D eigenvalue weighted by Gasteiger charge is 2.11. The molecular formula is C20H18BrN3O. The Labute approximate surface area is 155 Å². The zero-order valence-corrected chi connectivity index (χ0v) is 15.9. The standard InChI is InChI=1S/C20H18BrN3O/c1-4-25-19-6-5-16(21)10-14(19)9-15(11-22)20-23-17-7-12(2)13(3)8-18(17)24-20/h5-10H,4H2,1-3H3,(H,23,24)/b15-9+. The molecule has 2 aromatic carbocycles. The third-order valence-corrected chi connectivity index (χ3v) is 4.54. The predicted octanol–water partition coefficient (Wildman–Crippen LogP) is 5.41. The Balaban J connectivity index is 2.10. The van der Waals surface area contributed by atoms with E-state index in [0.29, 0.717) is 18.0 Å². The summed E-state index contributed by atoms with van der Waals surface area (Å²) >= 11 is 3.47. The lowest BCUT2D eigenvalue weighted by Crippen LogP contribution is -1.94. The number of rotatable bonds is 4. The first-order valence-corrected chi connectivity index (χ1v) is 8.82. The van der Waals surface area contributed by atoms with Crippen LogP contribution >= 0.6 is 15.9 Å². The van der Waals surface area contributed by atoms with E-state index in [1.807, 2.05) is 31.2 Å². The van der Waals surface area contributed by atoms with Crippen LogP contribution in [0.1, 0.15) is 29.4 Å². The molecule has 0 saturated heterocycles. The van der Waals surface area contributed by atoms with Crippen molar-refractivity contribution in [2.24, 2.45) is 0 Å². The molecule has 0 saturated carbocycles. The molecule has 0 aliphatic heterocycles. The van der Waals surface area contributed by atoms with Crippen molar-refractivity contribution in [2.75, 3.05) is 6.61 Å². The smallest absolute Gasteiger partial charge is 0.149 e. The Morgan fingerprint density at radius 1 is 1.28 bits per heavy atom. The molecule has 126 valence electrons. The second-order valence-corrected chi connectivity index (χ2v) is 6.74. The third kappa shape index (κ3) is 3.59. The number of H-pyrrole nitrogens is 1. The highest BCUT2D eigenvalue weighted by molar-refractivity contribution is 9.10. The maximum Gasteiger partial charge on any atom is 0.149 e.